The zero-order chi connectivity index (χ0) is 28.6. The molecule has 0 N–H and O–H groups in total. The van der Waals surface area contributed by atoms with Crippen LogP contribution in [-0.2, 0) is 19.1 Å². The molecule has 4 unspecified atom stereocenters. The zero-order valence-corrected chi connectivity index (χ0v) is 24.4. The molecule has 0 aromatic heterocycles. The van der Waals surface area contributed by atoms with Crippen LogP contribution in [0.2, 0.25) is 0 Å². The fraction of sp³-hybridized carbons (Fsp3) is 0.471. The largest absolute Gasteiger partial charge is 0.463 e. The van der Waals surface area contributed by atoms with Crippen molar-refractivity contribution in [3.63, 3.8) is 0 Å². The van der Waals surface area contributed by atoms with Gasteiger partial charge in [0.1, 0.15) is 0 Å². The van der Waals surface area contributed by atoms with E-state index in [2.05, 4.69) is 102 Å². The normalized spacial score (nSPS) is 30.4. The molecule has 0 amide bonds. The molecule has 1 saturated heterocycles. The standard InChI is InChI=1S/C34H43NO4/c1-9-27(36)38-21-11-15-31(5)17-19-33(7)30-29(31)32(6,16-12-22-39-28(37)10-2)18-20-34(30,8)35(33)26-14-13-24(3)25(4)23-26/h9-10,13-14,17-20,23H,1-2,11-12,15-16,21-22H2,3-8H3. The smallest absolute Gasteiger partial charge is 0.330 e. The van der Waals surface area contributed by atoms with Crippen LogP contribution in [0.15, 0.2) is 79.0 Å². The Morgan fingerprint density at radius 3 is 1.69 bits per heavy atom. The molecule has 1 heterocycles. The van der Waals surface area contributed by atoms with Gasteiger partial charge in [-0.25, -0.2) is 9.59 Å². The number of anilines is 1. The number of ether oxygens (including phenoxy) is 2. The van der Waals surface area contributed by atoms with E-state index in [1.54, 1.807) is 0 Å². The van der Waals surface area contributed by atoms with E-state index in [9.17, 15) is 9.59 Å². The molecule has 5 heteroatoms. The van der Waals surface area contributed by atoms with Crippen molar-refractivity contribution in [2.75, 3.05) is 18.1 Å². The van der Waals surface area contributed by atoms with Gasteiger partial charge < -0.3 is 14.4 Å². The summed E-state index contributed by atoms with van der Waals surface area (Å²) >= 11 is 0. The molecule has 3 aliphatic rings. The zero-order valence-electron chi connectivity index (χ0n) is 24.4. The fourth-order valence-corrected chi connectivity index (χ4v) is 7.23. The maximum Gasteiger partial charge on any atom is 0.330 e. The van der Waals surface area contributed by atoms with Crippen LogP contribution in [0.5, 0.6) is 0 Å². The van der Waals surface area contributed by atoms with Crippen LogP contribution < -0.4 is 4.90 Å². The molecule has 2 aliphatic carbocycles. The van der Waals surface area contributed by atoms with Crippen molar-refractivity contribution in [1.82, 2.24) is 0 Å². The molecule has 4 atom stereocenters. The highest BCUT2D eigenvalue weighted by molar-refractivity contribution is 5.81. The van der Waals surface area contributed by atoms with Gasteiger partial charge in [0.15, 0.2) is 0 Å². The second kappa shape index (κ2) is 10.3. The SMILES string of the molecule is C=CC(=O)OCCCC1(C)C=CC2(C)C3=C1C(C)(CCCOC(=O)C=C)C=CC3(C)N2c1ccc(C)c(C)c1. The molecule has 5 nitrogen and oxygen atoms in total. The minimum absolute atomic E-state index is 0.205. The lowest BCUT2D eigenvalue weighted by molar-refractivity contribution is -0.138. The predicted molar refractivity (Wildman–Crippen MR) is 158 cm³/mol. The van der Waals surface area contributed by atoms with E-state index in [-0.39, 0.29) is 33.8 Å². The molecule has 4 rings (SSSR count). The molecule has 0 radical (unpaired) electrons. The molecule has 39 heavy (non-hydrogen) atoms. The van der Waals surface area contributed by atoms with Crippen LogP contribution in [0.3, 0.4) is 0 Å². The lowest BCUT2D eigenvalue weighted by Crippen LogP contribution is -2.75. The van der Waals surface area contributed by atoms with Crippen LogP contribution in [0.4, 0.5) is 5.69 Å². The Balaban J connectivity index is 1.72. The van der Waals surface area contributed by atoms with Crippen molar-refractivity contribution in [3.8, 4) is 0 Å². The molecule has 0 bridgehead atoms. The third-order valence-electron chi connectivity index (χ3n) is 9.14. The summed E-state index contributed by atoms with van der Waals surface area (Å²) in [5, 5.41) is 0. The van der Waals surface area contributed by atoms with Crippen LogP contribution in [0.1, 0.15) is 64.5 Å². The number of rotatable bonds is 11. The molecule has 1 aromatic rings. The Hall–Kier alpha value is -3.34. The van der Waals surface area contributed by atoms with Crippen molar-refractivity contribution >= 4 is 17.6 Å². The van der Waals surface area contributed by atoms with Gasteiger partial charge in [-0.05, 0) is 87.8 Å². The summed E-state index contributed by atoms with van der Waals surface area (Å²) < 4.78 is 10.6. The van der Waals surface area contributed by atoms with Crippen LogP contribution in [0, 0.1) is 24.7 Å². The summed E-state index contributed by atoms with van der Waals surface area (Å²) in [5.74, 6) is -0.770. The molecular formula is C34H43NO4. The van der Waals surface area contributed by atoms with Crippen molar-refractivity contribution in [1.29, 1.82) is 0 Å². The summed E-state index contributed by atoms with van der Waals surface area (Å²) in [6.45, 7) is 21.3. The van der Waals surface area contributed by atoms with Gasteiger partial charge in [-0.1, -0.05) is 57.4 Å². The summed E-state index contributed by atoms with van der Waals surface area (Å²) in [6, 6.07) is 6.75. The van der Waals surface area contributed by atoms with Crippen molar-refractivity contribution in [3.05, 3.63) is 90.1 Å². The number of allylic oxidation sites excluding steroid dienone is 3. The van der Waals surface area contributed by atoms with Gasteiger partial charge in [0.2, 0.25) is 0 Å². The van der Waals surface area contributed by atoms with Crippen LogP contribution in [0.25, 0.3) is 0 Å². The number of benzene rings is 1. The van der Waals surface area contributed by atoms with Crippen LogP contribution >= 0.6 is 0 Å². The first-order valence-electron chi connectivity index (χ1n) is 14.0. The van der Waals surface area contributed by atoms with E-state index >= 15 is 0 Å². The Morgan fingerprint density at radius 1 is 0.769 bits per heavy atom. The van der Waals surface area contributed by atoms with E-state index in [4.69, 9.17) is 9.47 Å². The first-order valence-corrected chi connectivity index (χ1v) is 14.0. The average molecular weight is 530 g/mol. The van der Waals surface area contributed by atoms with Gasteiger partial charge in [-0.15, -0.1) is 0 Å². The van der Waals surface area contributed by atoms with Gasteiger partial charge >= 0.3 is 11.9 Å². The second-order valence-electron chi connectivity index (χ2n) is 12.1. The molecule has 208 valence electrons. The highest BCUT2D eigenvalue weighted by Gasteiger charge is 2.65. The minimum atomic E-state index is -0.385. The summed E-state index contributed by atoms with van der Waals surface area (Å²) in [6.07, 6.45) is 15.2. The summed E-state index contributed by atoms with van der Waals surface area (Å²) in [4.78, 5) is 25.8. The maximum atomic E-state index is 11.6. The fourth-order valence-electron chi connectivity index (χ4n) is 7.23. The lowest BCUT2D eigenvalue weighted by atomic mass is 9.48. The number of esters is 2. The Morgan fingerprint density at radius 2 is 1.26 bits per heavy atom. The number of carbonyl (C=O) groups is 2. The van der Waals surface area contributed by atoms with Gasteiger partial charge in [0.25, 0.3) is 0 Å². The van der Waals surface area contributed by atoms with Crippen molar-refractivity contribution < 1.29 is 19.1 Å². The maximum absolute atomic E-state index is 11.6. The molecule has 1 aromatic carbocycles. The number of hydrogen-bond donors (Lipinski definition) is 0. The highest BCUT2D eigenvalue weighted by atomic mass is 16.5. The van der Waals surface area contributed by atoms with E-state index in [0.717, 1.165) is 25.7 Å². The van der Waals surface area contributed by atoms with Crippen molar-refractivity contribution in [2.45, 2.75) is 78.3 Å². The van der Waals surface area contributed by atoms with Gasteiger partial charge in [-0.3, -0.25) is 0 Å². The summed E-state index contributed by atoms with van der Waals surface area (Å²) in [7, 11) is 0. The molecular weight excluding hydrogens is 486 g/mol. The monoisotopic (exact) mass is 529 g/mol. The number of aryl methyl sites for hydroxylation is 2. The second-order valence-corrected chi connectivity index (χ2v) is 12.1. The van der Waals surface area contributed by atoms with E-state index < -0.39 is 0 Å². The molecule has 1 fully saturated rings. The predicted octanol–water partition coefficient (Wildman–Crippen LogP) is 7.11. The van der Waals surface area contributed by atoms with Gasteiger partial charge in [0, 0.05) is 28.7 Å². The van der Waals surface area contributed by atoms with Gasteiger partial charge in [0.05, 0.1) is 24.3 Å². The molecule has 1 aliphatic heterocycles. The van der Waals surface area contributed by atoms with E-state index in [1.165, 1.54) is 40.1 Å². The minimum Gasteiger partial charge on any atom is -0.463 e. The third kappa shape index (κ3) is 4.81. The number of hydrogen-bond acceptors (Lipinski definition) is 5. The van der Waals surface area contributed by atoms with Crippen LogP contribution in [-0.4, -0.2) is 36.2 Å². The Kier molecular flexibility index (Phi) is 7.59. The van der Waals surface area contributed by atoms with Crippen molar-refractivity contribution in [2.24, 2.45) is 10.8 Å². The number of nitrogens with zero attached hydrogens (tertiary/aromatic N) is 1. The summed E-state index contributed by atoms with van der Waals surface area (Å²) in [5.41, 5.74) is 5.79. The topological polar surface area (TPSA) is 55.8 Å². The average Bonchev–Trinajstić information content (AvgIpc) is 2.90. The van der Waals surface area contributed by atoms with E-state index in [0.29, 0.717) is 13.2 Å². The lowest BCUT2D eigenvalue weighted by Gasteiger charge is -2.70. The molecule has 0 spiro atoms. The number of carbonyl (C=O) groups excluding carboxylic acids is 2. The third-order valence-corrected chi connectivity index (χ3v) is 9.14. The molecule has 0 saturated carbocycles. The van der Waals surface area contributed by atoms with E-state index in [1.807, 2.05) is 0 Å². The Bertz CT molecular complexity index is 1220. The first kappa shape index (κ1) is 28.7. The highest BCUT2D eigenvalue weighted by Crippen LogP contribution is 2.66. The Labute approximate surface area is 233 Å². The quantitative estimate of drug-likeness (QED) is 0.132. The van der Waals surface area contributed by atoms with Gasteiger partial charge in [-0.2, -0.15) is 0 Å². The first-order chi connectivity index (χ1) is 18.3.